The molecule has 1 aromatic heterocycles. The Morgan fingerprint density at radius 2 is 1.57 bits per heavy atom. The predicted octanol–water partition coefficient (Wildman–Crippen LogP) is 7.16. The molecule has 0 aliphatic carbocycles. The first-order chi connectivity index (χ1) is 14.4. The molecule has 164 valence electrons. The summed E-state index contributed by atoms with van der Waals surface area (Å²) in [6.45, 7) is 6.19. The average Bonchev–Trinajstić information content (AvgIpc) is 2.77. The number of carboxylic acids is 1. The molecule has 1 N–H and O–H groups in total. The third-order valence-corrected chi connectivity index (χ3v) is 7.52. The second kappa shape index (κ2) is 12.2. The minimum Gasteiger partial charge on any atom is -0.480 e. The van der Waals surface area contributed by atoms with Gasteiger partial charge in [0.15, 0.2) is 5.82 Å². The second-order valence-electron chi connectivity index (χ2n) is 8.19. The van der Waals surface area contributed by atoms with Crippen LogP contribution in [-0.2, 0) is 15.5 Å². The molecule has 2 aromatic rings. The SMILES string of the molecule is CCCCCCCCCc1cnc(-c2ccc(C(Br)(C(=O)O)C(C)CC)cc2)nc1. The van der Waals surface area contributed by atoms with Gasteiger partial charge in [0, 0.05) is 18.0 Å². The number of aromatic nitrogens is 2. The van der Waals surface area contributed by atoms with E-state index in [1.165, 1.54) is 50.5 Å². The third kappa shape index (κ3) is 6.37. The Morgan fingerprint density at radius 1 is 1.00 bits per heavy atom. The molecule has 1 heterocycles. The number of alkyl halides is 1. The van der Waals surface area contributed by atoms with Crippen molar-refractivity contribution in [2.24, 2.45) is 5.92 Å². The summed E-state index contributed by atoms with van der Waals surface area (Å²) in [5.74, 6) is -0.234. The number of carbonyl (C=O) groups is 1. The van der Waals surface area contributed by atoms with Crippen LogP contribution in [0.5, 0.6) is 0 Å². The summed E-state index contributed by atoms with van der Waals surface area (Å²) in [6.07, 6.45) is 14.7. The minimum atomic E-state index is -1.08. The molecular formula is C25H35BrN2O2. The van der Waals surface area contributed by atoms with Crippen molar-refractivity contribution in [3.63, 3.8) is 0 Å². The quantitative estimate of drug-likeness (QED) is 0.247. The van der Waals surface area contributed by atoms with Crippen molar-refractivity contribution < 1.29 is 9.90 Å². The molecule has 0 spiro atoms. The van der Waals surface area contributed by atoms with E-state index in [-0.39, 0.29) is 5.92 Å². The third-order valence-electron chi connectivity index (χ3n) is 5.94. The van der Waals surface area contributed by atoms with Crippen molar-refractivity contribution in [2.45, 2.75) is 82.9 Å². The number of aliphatic carboxylic acids is 1. The Balaban J connectivity index is 1.96. The first-order valence-corrected chi connectivity index (χ1v) is 12.1. The van der Waals surface area contributed by atoms with Crippen molar-refractivity contribution in [3.8, 4) is 11.4 Å². The van der Waals surface area contributed by atoms with E-state index in [2.05, 4.69) is 32.8 Å². The van der Waals surface area contributed by atoms with Gasteiger partial charge in [-0.15, -0.1) is 0 Å². The number of hydrogen-bond donors (Lipinski definition) is 1. The summed E-state index contributed by atoms with van der Waals surface area (Å²) in [7, 11) is 0. The number of carboxylic acid groups (broad SMARTS) is 1. The molecular weight excluding hydrogens is 440 g/mol. The van der Waals surface area contributed by atoms with E-state index in [1.54, 1.807) is 0 Å². The first kappa shape index (κ1) is 24.5. The van der Waals surface area contributed by atoms with Crippen LogP contribution in [-0.4, -0.2) is 21.0 Å². The molecule has 0 saturated heterocycles. The molecule has 0 radical (unpaired) electrons. The van der Waals surface area contributed by atoms with Crippen LogP contribution < -0.4 is 0 Å². The number of unbranched alkanes of at least 4 members (excludes halogenated alkanes) is 6. The summed E-state index contributed by atoms with van der Waals surface area (Å²) in [5, 5.41) is 9.78. The van der Waals surface area contributed by atoms with Crippen LogP contribution in [0.3, 0.4) is 0 Å². The summed E-state index contributed by atoms with van der Waals surface area (Å²) in [5.41, 5.74) is 2.81. The van der Waals surface area contributed by atoms with Gasteiger partial charge in [-0.2, -0.15) is 0 Å². The highest BCUT2D eigenvalue weighted by atomic mass is 79.9. The Labute approximate surface area is 189 Å². The zero-order chi connectivity index (χ0) is 22.0. The van der Waals surface area contributed by atoms with Crippen LogP contribution in [0.1, 0.15) is 83.3 Å². The van der Waals surface area contributed by atoms with Crippen molar-refractivity contribution >= 4 is 21.9 Å². The highest BCUT2D eigenvalue weighted by Crippen LogP contribution is 2.41. The van der Waals surface area contributed by atoms with Gasteiger partial charge in [-0.05, 0) is 29.9 Å². The maximum absolute atomic E-state index is 11.9. The van der Waals surface area contributed by atoms with E-state index < -0.39 is 10.3 Å². The topological polar surface area (TPSA) is 63.1 Å². The lowest BCUT2D eigenvalue weighted by Crippen LogP contribution is -2.35. The van der Waals surface area contributed by atoms with Crippen LogP contribution in [0.25, 0.3) is 11.4 Å². The van der Waals surface area contributed by atoms with Crippen molar-refractivity contribution in [2.75, 3.05) is 0 Å². The number of rotatable bonds is 13. The predicted molar refractivity (Wildman–Crippen MR) is 127 cm³/mol. The van der Waals surface area contributed by atoms with Gasteiger partial charge in [0.05, 0.1) is 0 Å². The van der Waals surface area contributed by atoms with E-state index in [0.717, 1.165) is 24.0 Å². The van der Waals surface area contributed by atoms with Gasteiger partial charge in [-0.25, -0.2) is 9.97 Å². The molecule has 4 nitrogen and oxygen atoms in total. The number of nitrogens with zero attached hydrogens (tertiary/aromatic N) is 2. The normalized spacial score (nSPS) is 14.3. The molecule has 0 amide bonds. The van der Waals surface area contributed by atoms with Gasteiger partial charge in [0.2, 0.25) is 0 Å². The lowest BCUT2D eigenvalue weighted by Gasteiger charge is -2.29. The monoisotopic (exact) mass is 474 g/mol. The van der Waals surface area contributed by atoms with Gasteiger partial charge >= 0.3 is 5.97 Å². The zero-order valence-electron chi connectivity index (χ0n) is 18.5. The fourth-order valence-corrected chi connectivity index (χ4v) is 4.27. The Bertz CT molecular complexity index is 777. The van der Waals surface area contributed by atoms with E-state index in [9.17, 15) is 9.90 Å². The molecule has 0 fully saturated rings. The number of halogens is 1. The maximum atomic E-state index is 11.9. The first-order valence-electron chi connectivity index (χ1n) is 11.3. The number of aryl methyl sites for hydroxylation is 1. The smallest absolute Gasteiger partial charge is 0.325 e. The van der Waals surface area contributed by atoms with Gasteiger partial charge in [-0.3, -0.25) is 4.79 Å². The molecule has 2 unspecified atom stereocenters. The van der Waals surface area contributed by atoms with Crippen molar-refractivity contribution in [1.29, 1.82) is 0 Å². The molecule has 2 rings (SSSR count). The average molecular weight is 475 g/mol. The Morgan fingerprint density at radius 3 is 2.10 bits per heavy atom. The van der Waals surface area contributed by atoms with Gasteiger partial charge in [-0.1, -0.05) is 106 Å². The van der Waals surface area contributed by atoms with E-state index in [1.807, 2.05) is 50.5 Å². The van der Waals surface area contributed by atoms with Gasteiger partial charge in [0.25, 0.3) is 0 Å². The molecule has 0 saturated carbocycles. The maximum Gasteiger partial charge on any atom is 0.325 e. The molecule has 2 atom stereocenters. The van der Waals surface area contributed by atoms with Crippen LogP contribution in [0.2, 0.25) is 0 Å². The summed E-state index contributed by atoms with van der Waals surface area (Å²) >= 11 is 3.49. The van der Waals surface area contributed by atoms with E-state index in [0.29, 0.717) is 5.82 Å². The fourth-order valence-electron chi connectivity index (χ4n) is 3.68. The summed E-state index contributed by atoms with van der Waals surface area (Å²) < 4.78 is -1.08. The molecule has 0 aliphatic heterocycles. The van der Waals surface area contributed by atoms with Crippen molar-refractivity contribution in [1.82, 2.24) is 9.97 Å². The molecule has 30 heavy (non-hydrogen) atoms. The summed E-state index contributed by atoms with van der Waals surface area (Å²) in [6, 6.07) is 7.53. The van der Waals surface area contributed by atoms with Gasteiger partial charge < -0.3 is 5.11 Å². The van der Waals surface area contributed by atoms with E-state index >= 15 is 0 Å². The lowest BCUT2D eigenvalue weighted by molar-refractivity contribution is -0.141. The largest absolute Gasteiger partial charge is 0.480 e. The molecule has 1 aromatic carbocycles. The molecule has 0 aliphatic rings. The highest BCUT2D eigenvalue weighted by Gasteiger charge is 2.42. The van der Waals surface area contributed by atoms with Crippen LogP contribution in [0.4, 0.5) is 0 Å². The fraction of sp³-hybridized carbons (Fsp3) is 0.560. The number of hydrogen-bond acceptors (Lipinski definition) is 3. The number of benzene rings is 1. The Hall–Kier alpha value is -1.75. The zero-order valence-corrected chi connectivity index (χ0v) is 20.1. The second-order valence-corrected chi connectivity index (χ2v) is 9.44. The highest BCUT2D eigenvalue weighted by molar-refractivity contribution is 9.10. The van der Waals surface area contributed by atoms with Crippen LogP contribution >= 0.6 is 15.9 Å². The Kier molecular flexibility index (Phi) is 9.96. The minimum absolute atomic E-state index is 0.0389. The lowest BCUT2D eigenvalue weighted by atomic mass is 9.85. The van der Waals surface area contributed by atoms with Gasteiger partial charge in [0.1, 0.15) is 4.32 Å². The van der Waals surface area contributed by atoms with Crippen LogP contribution in [0.15, 0.2) is 36.7 Å². The molecule has 5 heteroatoms. The standard InChI is InChI=1S/C25H35BrN2O2/c1-4-6-7-8-9-10-11-12-20-17-27-23(28-18-20)21-13-15-22(16-14-21)25(26,24(29)30)19(3)5-2/h13-19H,4-12H2,1-3H3,(H,29,30). The van der Waals surface area contributed by atoms with E-state index in [4.69, 9.17) is 0 Å². The molecule has 0 bridgehead atoms. The van der Waals surface area contributed by atoms with Crippen molar-refractivity contribution in [3.05, 3.63) is 47.8 Å². The van der Waals surface area contributed by atoms with Crippen LogP contribution in [0, 0.1) is 5.92 Å². The summed E-state index contributed by atoms with van der Waals surface area (Å²) in [4.78, 5) is 21.0.